The number of hydrogen-bond donors (Lipinski definition) is 2. The van der Waals surface area contributed by atoms with Crippen molar-refractivity contribution in [2.75, 3.05) is 20.6 Å². The van der Waals surface area contributed by atoms with Crippen LogP contribution in [0.2, 0.25) is 0 Å². The van der Waals surface area contributed by atoms with Crippen LogP contribution in [0.1, 0.15) is 20.5 Å². The first-order valence-electron chi connectivity index (χ1n) is 7.63. The molecule has 6 nitrogen and oxygen atoms in total. The van der Waals surface area contributed by atoms with E-state index in [0.29, 0.717) is 19.0 Å². The summed E-state index contributed by atoms with van der Waals surface area (Å²) < 4.78 is 0. The first-order chi connectivity index (χ1) is 11.5. The molecule has 24 heavy (non-hydrogen) atoms. The summed E-state index contributed by atoms with van der Waals surface area (Å²) in [6, 6.07) is 4.08. The van der Waals surface area contributed by atoms with E-state index in [-0.39, 0.29) is 12.5 Å². The zero-order chi connectivity index (χ0) is 17.5. The van der Waals surface area contributed by atoms with Crippen LogP contribution < -0.4 is 10.6 Å². The molecule has 0 radical (unpaired) electrons. The molecule has 130 valence electrons. The number of guanidine groups is 1. The standard InChI is InChI=1S/C16H23N5OS2/c1-11-12(2)24-14(20-11)9-18-16(19-10-15(22)21(3)4)17-8-13-6-5-7-23-13/h5-7H,8-10H2,1-4H3,(H2,17,18,19). The van der Waals surface area contributed by atoms with E-state index in [1.807, 2.05) is 18.4 Å². The lowest BCUT2D eigenvalue weighted by molar-refractivity contribution is -0.127. The molecule has 0 aliphatic rings. The van der Waals surface area contributed by atoms with Gasteiger partial charge in [0.1, 0.15) is 11.6 Å². The molecule has 2 heterocycles. The average molecular weight is 366 g/mol. The summed E-state index contributed by atoms with van der Waals surface area (Å²) >= 11 is 3.36. The Morgan fingerprint density at radius 2 is 2.04 bits per heavy atom. The van der Waals surface area contributed by atoms with Gasteiger partial charge < -0.3 is 15.5 Å². The van der Waals surface area contributed by atoms with E-state index >= 15 is 0 Å². The van der Waals surface area contributed by atoms with E-state index in [4.69, 9.17) is 0 Å². The van der Waals surface area contributed by atoms with E-state index in [0.717, 1.165) is 10.7 Å². The number of thiophene rings is 1. The molecule has 8 heteroatoms. The second kappa shape index (κ2) is 8.79. The molecule has 0 aliphatic heterocycles. The number of rotatable bonds is 6. The van der Waals surface area contributed by atoms with Crippen molar-refractivity contribution in [3.8, 4) is 0 Å². The third kappa shape index (κ3) is 5.61. The van der Waals surface area contributed by atoms with Crippen LogP contribution in [0.15, 0.2) is 22.5 Å². The Kier molecular flexibility index (Phi) is 6.74. The van der Waals surface area contributed by atoms with Crippen LogP contribution in [-0.4, -0.2) is 42.4 Å². The van der Waals surface area contributed by atoms with Gasteiger partial charge in [0, 0.05) is 23.8 Å². The molecule has 0 aliphatic carbocycles. The quantitative estimate of drug-likeness (QED) is 0.608. The number of nitrogens with zero attached hydrogens (tertiary/aromatic N) is 3. The van der Waals surface area contributed by atoms with Gasteiger partial charge in [-0.25, -0.2) is 9.98 Å². The fraction of sp³-hybridized carbons (Fsp3) is 0.438. The number of aromatic nitrogens is 1. The molecule has 0 atom stereocenters. The molecular formula is C16H23N5OS2. The minimum atomic E-state index is -0.0341. The van der Waals surface area contributed by atoms with Crippen LogP contribution in [-0.2, 0) is 17.9 Å². The van der Waals surface area contributed by atoms with Crippen molar-refractivity contribution < 1.29 is 4.79 Å². The third-order valence-corrected chi connectivity index (χ3v) is 5.31. The van der Waals surface area contributed by atoms with E-state index in [2.05, 4.69) is 33.6 Å². The second-order valence-corrected chi connectivity index (χ2v) is 7.81. The lowest BCUT2D eigenvalue weighted by atomic mass is 10.4. The molecule has 2 aromatic heterocycles. The highest BCUT2D eigenvalue weighted by atomic mass is 32.1. The van der Waals surface area contributed by atoms with Gasteiger partial charge in [-0.3, -0.25) is 4.79 Å². The van der Waals surface area contributed by atoms with Gasteiger partial charge in [-0.05, 0) is 25.3 Å². The molecule has 0 fully saturated rings. The van der Waals surface area contributed by atoms with Crippen LogP contribution >= 0.6 is 22.7 Å². The maximum absolute atomic E-state index is 11.8. The second-order valence-electron chi connectivity index (χ2n) is 5.49. The van der Waals surface area contributed by atoms with Crippen LogP contribution in [0.25, 0.3) is 0 Å². The van der Waals surface area contributed by atoms with Crippen molar-refractivity contribution in [1.82, 2.24) is 20.5 Å². The van der Waals surface area contributed by atoms with Gasteiger partial charge in [0.15, 0.2) is 5.96 Å². The number of carbonyl (C=O) groups is 1. The molecule has 0 aromatic carbocycles. The predicted octanol–water partition coefficient (Wildman–Crippen LogP) is 2.15. The number of hydrogen-bond acceptors (Lipinski definition) is 5. The molecule has 2 rings (SSSR count). The normalized spacial score (nSPS) is 11.4. The Hall–Kier alpha value is -1.93. The number of amides is 1. The fourth-order valence-electron chi connectivity index (χ4n) is 1.82. The zero-order valence-corrected chi connectivity index (χ0v) is 16.1. The molecule has 0 saturated heterocycles. The summed E-state index contributed by atoms with van der Waals surface area (Å²) in [4.78, 5) is 24.6. The lowest BCUT2D eigenvalue weighted by Gasteiger charge is -2.12. The van der Waals surface area contributed by atoms with Crippen molar-refractivity contribution in [3.63, 3.8) is 0 Å². The van der Waals surface area contributed by atoms with Gasteiger partial charge in [-0.15, -0.1) is 22.7 Å². The van der Waals surface area contributed by atoms with Crippen LogP contribution in [0.4, 0.5) is 0 Å². The van der Waals surface area contributed by atoms with Gasteiger partial charge >= 0.3 is 0 Å². The number of aliphatic imine (C=N–C) groups is 1. The monoisotopic (exact) mass is 365 g/mol. The van der Waals surface area contributed by atoms with E-state index in [9.17, 15) is 4.79 Å². The molecule has 0 bridgehead atoms. The zero-order valence-electron chi connectivity index (χ0n) is 14.4. The largest absolute Gasteiger partial charge is 0.351 e. The lowest BCUT2D eigenvalue weighted by Crippen LogP contribution is -2.37. The number of aryl methyl sites for hydroxylation is 2. The molecule has 0 unspecified atom stereocenters. The highest BCUT2D eigenvalue weighted by molar-refractivity contribution is 7.11. The Balaban J connectivity index is 1.97. The smallest absolute Gasteiger partial charge is 0.243 e. The van der Waals surface area contributed by atoms with Crippen LogP contribution in [0, 0.1) is 13.8 Å². The summed E-state index contributed by atoms with van der Waals surface area (Å²) in [5, 5.41) is 9.57. The first-order valence-corrected chi connectivity index (χ1v) is 9.33. The Labute approximate surface area is 150 Å². The van der Waals surface area contributed by atoms with Gasteiger partial charge in [0.25, 0.3) is 0 Å². The van der Waals surface area contributed by atoms with Crippen LogP contribution in [0.3, 0.4) is 0 Å². The molecule has 0 saturated carbocycles. The third-order valence-electron chi connectivity index (χ3n) is 3.36. The van der Waals surface area contributed by atoms with Gasteiger partial charge in [-0.2, -0.15) is 0 Å². The summed E-state index contributed by atoms with van der Waals surface area (Å²) in [6.07, 6.45) is 0. The van der Waals surface area contributed by atoms with Gasteiger partial charge in [0.05, 0.1) is 18.8 Å². The molecule has 1 amide bonds. The molecular weight excluding hydrogens is 342 g/mol. The highest BCUT2D eigenvalue weighted by Crippen LogP contribution is 2.15. The Morgan fingerprint density at radius 1 is 1.29 bits per heavy atom. The first kappa shape index (κ1) is 18.4. The highest BCUT2D eigenvalue weighted by Gasteiger charge is 2.07. The van der Waals surface area contributed by atoms with Crippen molar-refractivity contribution in [2.45, 2.75) is 26.9 Å². The van der Waals surface area contributed by atoms with Crippen LogP contribution in [0.5, 0.6) is 0 Å². The van der Waals surface area contributed by atoms with Gasteiger partial charge in [-0.1, -0.05) is 6.07 Å². The topological polar surface area (TPSA) is 69.6 Å². The Bertz CT molecular complexity index is 672. The molecule has 2 N–H and O–H groups in total. The van der Waals surface area contributed by atoms with Crippen molar-refractivity contribution >= 4 is 34.5 Å². The summed E-state index contributed by atoms with van der Waals surface area (Å²) in [5.41, 5.74) is 1.06. The average Bonchev–Trinajstić information content (AvgIpc) is 3.16. The van der Waals surface area contributed by atoms with E-state index in [1.54, 1.807) is 36.8 Å². The summed E-state index contributed by atoms with van der Waals surface area (Å²) in [6.45, 7) is 5.45. The minimum Gasteiger partial charge on any atom is -0.351 e. The maximum Gasteiger partial charge on any atom is 0.243 e. The number of thiazole rings is 1. The SMILES string of the molecule is Cc1nc(CNC(=NCC(=O)N(C)C)NCc2cccs2)sc1C. The number of likely N-dealkylation sites (N-methyl/N-ethyl adjacent to an activating group) is 1. The van der Waals surface area contributed by atoms with Gasteiger partial charge in [0.2, 0.25) is 5.91 Å². The Morgan fingerprint density at radius 3 is 2.62 bits per heavy atom. The number of carbonyl (C=O) groups excluding carboxylic acids is 1. The predicted molar refractivity (Wildman–Crippen MR) is 101 cm³/mol. The number of nitrogens with one attached hydrogen (secondary N) is 2. The molecule has 0 spiro atoms. The maximum atomic E-state index is 11.8. The van der Waals surface area contributed by atoms with Crippen molar-refractivity contribution in [1.29, 1.82) is 0 Å². The molecule has 2 aromatic rings. The summed E-state index contributed by atoms with van der Waals surface area (Å²) in [7, 11) is 3.45. The van der Waals surface area contributed by atoms with Crippen molar-refractivity contribution in [3.05, 3.63) is 38.0 Å². The van der Waals surface area contributed by atoms with Crippen molar-refractivity contribution in [2.24, 2.45) is 4.99 Å². The van der Waals surface area contributed by atoms with E-state index < -0.39 is 0 Å². The van der Waals surface area contributed by atoms with E-state index in [1.165, 1.54) is 14.7 Å². The fourth-order valence-corrected chi connectivity index (χ4v) is 3.34. The minimum absolute atomic E-state index is 0.0341. The summed E-state index contributed by atoms with van der Waals surface area (Å²) in [5.74, 6) is 0.581.